The maximum Gasteiger partial charge on any atom is 0.322 e. The molecule has 4 atom stereocenters. The predicted octanol–water partition coefficient (Wildman–Crippen LogP) is 3.14. The van der Waals surface area contributed by atoms with Crippen molar-refractivity contribution >= 4 is 17.6 Å². The first kappa shape index (κ1) is 10.9. The smallest absolute Gasteiger partial charge is 0.322 e. The topological polar surface area (TPSA) is 37.3 Å². The molecule has 0 spiro atoms. The minimum atomic E-state index is -0.810. The number of halogens is 1. The van der Waals surface area contributed by atoms with Gasteiger partial charge >= 0.3 is 5.97 Å². The Morgan fingerprint density at radius 1 is 1.31 bits per heavy atom. The van der Waals surface area contributed by atoms with Crippen LogP contribution in [0.4, 0.5) is 0 Å². The lowest BCUT2D eigenvalue weighted by molar-refractivity contribution is -0.151. The molecule has 0 radical (unpaired) electrons. The number of carboxylic acid groups (broad SMARTS) is 1. The predicted molar refractivity (Wildman–Crippen MR) is 62.4 cm³/mol. The fourth-order valence-electron chi connectivity index (χ4n) is 5.04. The average Bonchev–Trinajstić information content (AvgIpc) is 2.23. The largest absolute Gasteiger partial charge is 0.480 e. The summed E-state index contributed by atoms with van der Waals surface area (Å²) in [6.45, 7) is 2.24. The van der Waals surface area contributed by atoms with Crippen LogP contribution in [0, 0.1) is 29.1 Å². The molecule has 90 valence electrons. The van der Waals surface area contributed by atoms with Crippen LogP contribution in [0.3, 0.4) is 0 Å². The molecule has 0 aromatic carbocycles. The first-order chi connectivity index (χ1) is 7.53. The lowest BCUT2D eigenvalue weighted by atomic mass is 9.44. The fourth-order valence-corrected chi connectivity index (χ4v) is 5.42. The zero-order chi connectivity index (χ0) is 11.5. The van der Waals surface area contributed by atoms with Gasteiger partial charge in [0.1, 0.15) is 5.38 Å². The first-order valence-electron chi connectivity index (χ1n) is 6.40. The van der Waals surface area contributed by atoms with Crippen LogP contribution in [0.2, 0.25) is 0 Å². The minimum absolute atomic E-state index is 0.0951. The molecule has 16 heavy (non-hydrogen) atoms. The number of aliphatic carboxylic acids is 1. The van der Waals surface area contributed by atoms with E-state index in [4.69, 9.17) is 11.6 Å². The van der Waals surface area contributed by atoms with Crippen LogP contribution < -0.4 is 0 Å². The molecule has 0 aromatic heterocycles. The molecule has 0 heterocycles. The van der Waals surface area contributed by atoms with Crippen LogP contribution in [0.25, 0.3) is 0 Å². The number of rotatable bonds is 2. The molecule has 4 saturated carbocycles. The summed E-state index contributed by atoms with van der Waals surface area (Å²) in [6.07, 6.45) is 6.09. The Labute approximate surface area is 101 Å². The monoisotopic (exact) mass is 242 g/mol. The molecule has 2 nitrogen and oxygen atoms in total. The van der Waals surface area contributed by atoms with E-state index in [-0.39, 0.29) is 5.41 Å². The zero-order valence-electron chi connectivity index (χ0n) is 9.66. The van der Waals surface area contributed by atoms with Crippen molar-refractivity contribution in [2.45, 2.75) is 44.4 Å². The second-order valence-corrected chi connectivity index (χ2v) is 6.77. The van der Waals surface area contributed by atoms with Crippen LogP contribution in [-0.2, 0) is 4.79 Å². The van der Waals surface area contributed by atoms with Crippen LogP contribution >= 0.6 is 11.6 Å². The van der Waals surface area contributed by atoms with Gasteiger partial charge in [0.25, 0.3) is 0 Å². The third-order valence-electron chi connectivity index (χ3n) is 5.61. The van der Waals surface area contributed by atoms with Crippen molar-refractivity contribution in [3.8, 4) is 0 Å². The van der Waals surface area contributed by atoms with Gasteiger partial charge < -0.3 is 5.11 Å². The van der Waals surface area contributed by atoms with E-state index in [2.05, 4.69) is 6.92 Å². The van der Waals surface area contributed by atoms with Gasteiger partial charge in [-0.25, -0.2) is 0 Å². The van der Waals surface area contributed by atoms with Crippen molar-refractivity contribution < 1.29 is 9.90 Å². The van der Waals surface area contributed by atoms with Crippen molar-refractivity contribution in [1.82, 2.24) is 0 Å². The number of carboxylic acids is 1. The molecule has 4 aliphatic carbocycles. The normalized spacial score (nSPS) is 51.6. The van der Waals surface area contributed by atoms with Gasteiger partial charge in [0.15, 0.2) is 0 Å². The highest BCUT2D eigenvalue weighted by atomic mass is 35.5. The Morgan fingerprint density at radius 2 is 1.88 bits per heavy atom. The maximum absolute atomic E-state index is 11.2. The molecule has 3 heteroatoms. The highest BCUT2D eigenvalue weighted by Gasteiger charge is 2.59. The molecule has 1 N–H and O–H groups in total. The van der Waals surface area contributed by atoms with Gasteiger partial charge in [0.2, 0.25) is 0 Å². The molecule has 0 aliphatic heterocycles. The van der Waals surface area contributed by atoms with Gasteiger partial charge in [-0.1, -0.05) is 6.92 Å². The number of alkyl halides is 1. The molecule has 4 unspecified atom stereocenters. The standard InChI is InChI=1S/C13H19ClO2/c1-7-10-3-8-2-9(4-10)6-13(7,5-8)11(14)12(15)16/h7-11H,2-6H2,1H3,(H,15,16). The summed E-state index contributed by atoms with van der Waals surface area (Å²) < 4.78 is 0. The zero-order valence-corrected chi connectivity index (χ0v) is 10.4. The van der Waals surface area contributed by atoms with E-state index in [0.717, 1.165) is 30.6 Å². The van der Waals surface area contributed by atoms with E-state index in [9.17, 15) is 9.90 Å². The highest BCUT2D eigenvalue weighted by Crippen LogP contribution is 2.64. The highest BCUT2D eigenvalue weighted by molar-refractivity contribution is 6.30. The van der Waals surface area contributed by atoms with Gasteiger partial charge in [-0.15, -0.1) is 11.6 Å². The second-order valence-electron chi connectivity index (χ2n) is 6.33. The number of hydrogen-bond acceptors (Lipinski definition) is 1. The van der Waals surface area contributed by atoms with Crippen LogP contribution in [-0.4, -0.2) is 16.5 Å². The van der Waals surface area contributed by atoms with Crippen molar-refractivity contribution in [3.05, 3.63) is 0 Å². The molecule has 0 amide bonds. The molecular weight excluding hydrogens is 224 g/mol. The molecule has 0 aromatic rings. The van der Waals surface area contributed by atoms with Crippen LogP contribution in [0.5, 0.6) is 0 Å². The van der Waals surface area contributed by atoms with E-state index >= 15 is 0 Å². The Hall–Kier alpha value is -0.240. The molecule has 4 rings (SSSR count). The SMILES string of the molecule is CC1C2CC3CC(C2)CC1(C(Cl)C(=O)O)C3. The van der Waals surface area contributed by atoms with E-state index in [1.54, 1.807) is 0 Å². The van der Waals surface area contributed by atoms with Crippen LogP contribution in [0.15, 0.2) is 0 Å². The van der Waals surface area contributed by atoms with Crippen molar-refractivity contribution in [2.24, 2.45) is 29.1 Å². The summed E-state index contributed by atoms with van der Waals surface area (Å²) in [6, 6.07) is 0. The Balaban J connectivity index is 1.96. The average molecular weight is 243 g/mol. The van der Waals surface area contributed by atoms with Crippen molar-refractivity contribution in [1.29, 1.82) is 0 Å². The summed E-state index contributed by atoms with van der Waals surface area (Å²) in [7, 11) is 0. The lowest BCUT2D eigenvalue weighted by Crippen LogP contribution is -2.57. The molecule has 4 aliphatic rings. The molecule has 4 bridgehead atoms. The summed E-state index contributed by atoms with van der Waals surface area (Å²) >= 11 is 6.23. The number of hydrogen-bond donors (Lipinski definition) is 1. The van der Waals surface area contributed by atoms with E-state index in [0.29, 0.717) is 5.92 Å². The van der Waals surface area contributed by atoms with Gasteiger partial charge in [0, 0.05) is 5.41 Å². The Bertz CT molecular complexity index is 314. The lowest BCUT2D eigenvalue weighted by Gasteiger charge is -2.61. The summed E-state index contributed by atoms with van der Waals surface area (Å²) in [5, 5.41) is 8.56. The van der Waals surface area contributed by atoms with Crippen LogP contribution in [0.1, 0.15) is 39.0 Å². The summed E-state index contributed by atoms with van der Waals surface area (Å²) in [5.41, 5.74) is -0.0951. The fraction of sp³-hybridized carbons (Fsp3) is 0.923. The van der Waals surface area contributed by atoms with E-state index in [1.165, 1.54) is 19.3 Å². The van der Waals surface area contributed by atoms with E-state index < -0.39 is 11.3 Å². The van der Waals surface area contributed by atoms with Gasteiger partial charge in [0.05, 0.1) is 0 Å². The minimum Gasteiger partial charge on any atom is -0.480 e. The Kier molecular flexibility index (Phi) is 2.30. The van der Waals surface area contributed by atoms with Gasteiger partial charge in [-0.05, 0) is 55.8 Å². The van der Waals surface area contributed by atoms with Gasteiger partial charge in [-0.3, -0.25) is 4.79 Å². The van der Waals surface area contributed by atoms with E-state index in [1.807, 2.05) is 0 Å². The second kappa shape index (κ2) is 3.38. The van der Waals surface area contributed by atoms with Gasteiger partial charge in [-0.2, -0.15) is 0 Å². The van der Waals surface area contributed by atoms with Crippen molar-refractivity contribution in [3.63, 3.8) is 0 Å². The first-order valence-corrected chi connectivity index (χ1v) is 6.83. The maximum atomic E-state index is 11.2. The summed E-state index contributed by atoms with van der Waals surface area (Å²) in [5.74, 6) is 1.95. The quantitative estimate of drug-likeness (QED) is 0.756. The third-order valence-corrected chi connectivity index (χ3v) is 6.23. The molecular formula is C13H19ClO2. The number of carbonyl (C=O) groups is 1. The molecule has 0 saturated heterocycles. The Morgan fingerprint density at radius 3 is 2.38 bits per heavy atom. The summed E-state index contributed by atoms with van der Waals surface area (Å²) in [4.78, 5) is 11.2. The molecule has 4 fully saturated rings. The third kappa shape index (κ3) is 1.28. The van der Waals surface area contributed by atoms with Crippen molar-refractivity contribution in [2.75, 3.05) is 0 Å².